The molecule has 0 spiro atoms. The molecule has 1 aromatic rings. The van der Waals surface area contributed by atoms with Crippen LogP contribution in [0.1, 0.15) is 11.1 Å². The van der Waals surface area contributed by atoms with Gasteiger partial charge in [-0.25, -0.2) is 0 Å². The highest BCUT2D eigenvalue weighted by molar-refractivity contribution is 5.49. The molecule has 18 heavy (non-hydrogen) atoms. The zero-order valence-electron chi connectivity index (χ0n) is 8.95. The summed E-state index contributed by atoms with van der Waals surface area (Å²) in [5.74, 6) is -1.66. The van der Waals surface area contributed by atoms with Crippen molar-refractivity contribution in [2.75, 3.05) is 0 Å². The minimum absolute atomic E-state index is 0.112. The molecule has 0 bridgehead atoms. The second-order valence-corrected chi connectivity index (χ2v) is 3.34. The Hall–Kier alpha value is -1.60. The van der Waals surface area contributed by atoms with Crippen LogP contribution in [0.15, 0.2) is 12.1 Å². The Morgan fingerprint density at radius 3 is 1.50 bits per heavy atom. The van der Waals surface area contributed by atoms with Gasteiger partial charge in [0.25, 0.3) is 0 Å². The molecule has 0 aliphatic carbocycles. The lowest BCUT2D eigenvalue weighted by Crippen LogP contribution is -2.20. The Kier molecular flexibility index (Phi) is 3.68. The van der Waals surface area contributed by atoms with Crippen molar-refractivity contribution in [3.05, 3.63) is 30.2 Å². The number of rotatable bonds is 2. The van der Waals surface area contributed by atoms with Crippen LogP contribution < -0.4 is 9.47 Å². The van der Waals surface area contributed by atoms with Crippen LogP contribution in [0.5, 0.6) is 11.5 Å². The maximum Gasteiger partial charge on any atom is 0.573 e. The Morgan fingerprint density at radius 1 is 0.889 bits per heavy atom. The fraction of sp³-hybridized carbons (Fsp3) is 0.300. The molecule has 101 valence electrons. The first-order valence-corrected chi connectivity index (χ1v) is 4.46. The summed E-state index contributed by atoms with van der Waals surface area (Å²) in [7, 11) is 0. The SMILES string of the molecule is [CH2]c1c(OC(F)(F)F)cc(C)cc1OC(F)(F)F. The highest BCUT2D eigenvalue weighted by Gasteiger charge is 2.35. The molecule has 0 atom stereocenters. The largest absolute Gasteiger partial charge is 0.573 e. The third-order valence-electron chi connectivity index (χ3n) is 1.76. The van der Waals surface area contributed by atoms with Crippen LogP contribution in [0, 0.1) is 13.8 Å². The standard InChI is InChI=1S/C10H7F6O2/c1-5-3-7(17-9(11,12)13)6(2)8(4-5)18-10(14,15)16/h3-4H,2H2,1H3. The van der Waals surface area contributed by atoms with Crippen molar-refractivity contribution >= 4 is 0 Å². The second-order valence-electron chi connectivity index (χ2n) is 3.34. The molecular formula is C10H7F6O2. The third-order valence-corrected chi connectivity index (χ3v) is 1.76. The van der Waals surface area contributed by atoms with E-state index in [4.69, 9.17) is 0 Å². The summed E-state index contributed by atoms with van der Waals surface area (Å²) in [6, 6.07) is 1.83. The van der Waals surface area contributed by atoms with Crippen LogP contribution >= 0.6 is 0 Å². The number of alkyl halides is 6. The summed E-state index contributed by atoms with van der Waals surface area (Å²) < 4.78 is 79.2. The molecule has 0 aromatic heterocycles. The van der Waals surface area contributed by atoms with Crippen molar-refractivity contribution in [2.45, 2.75) is 19.6 Å². The molecule has 0 aliphatic heterocycles. The summed E-state index contributed by atoms with van der Waals surface area (Å²) in [5.41, 5.74) is -0.517. The predicted molar refractivity (Wildman–Crippen MR) is 49.0 cm³/mol. The summed E-state index contributed by atoms with van der Waals surface area (Å²) >= 11 is 0. The van der Waals surface area contributed by atoms with Gasteiger partial charge in [0.1, 0.15) is 11.5 Å². The van der Waals surface area contributed by atoms with E-state index < -0.39 is 29.8 Å². The first-order chi connectivity index (χ1) is 7.98. The highest BCUT2D eigenvalue weighted by Crippen LogP contribution is 2.35. The average molecular weight is 273 g/mol. The van der Waals surface area contributed by atoms with Crippen molar-refractivity contribution in [3.8, 4) is 11.5 Å². The molecule has 0 N–H and O–H groups in total. The van der Waals surface area contributed by atoms with Crippen LogP contribution in [0.2, 0.25) is 0 Å². The molecule has 0 unspecified atom stereocenters. The van der Waals surface area contributed by atoms with Crippen molar-refractivity contribution in [1.82, 2.24) is 0 Å². The topological polar surface area (TPSA) is 18.5 Å². The van der Waals surface area contributed by atoms with E-state index in [9.17, 15) is 26.3 Å². The van der Waals surface area contributed by atoms with Crippen LogP contribution in [0.3, 0.4) is 0 Å². The van der Waals surface area contributed by atoms with Gasteiger partial charge in [0.15, 0.2) is 0 Å². The van der Waals surface area contributed by atoms with Crippen molar-refractivity contribution < 1.29 is 35.8 Å². The summed E-state index contributed by atoms with van der Waals surface area (Å²) in [6.45, 7) is 4.38. The van der Waals surface area contributed by atoms with Crippen molar-refractivity contribution in [3.63, 3.8) is 0 Å². The molecule has 0 aliphatic rings. The third kappa shape index (κ3) is 4.34. The molecule has 1 aromatic carbocycles. The van der Waals surface area contributed by atoms with E-state index >= 15 is 0 Å². The van der Waals surface area contributed by atoms with E-state index in [1.165, 1.54) is 6.92 Å². The molecule has 0 saturated carbocycles. The first kappa shape index (κ1) is 14.5. The second kappa shape index (κ2) is 4.58. The Bertz CT molecular complexity index is 398. The number of hydrogen-bond donors (Lipinski definition) is 0. The zero-order chi connectivity index (χ0) is 14.1. The molecular weight excluding hydrogens is 266 g/mol. The maximum atomic E-state index is 12.0. The molecule has 0 fully saturated rings. The quantitative estimate of drug-likeness (QED) is 0.759. The van der Waals surface area contributed by atoms with Gasteiger partial charge in [-0.05, 0) is 31.5 Å². The fourth-order valence-corrected chi connectivity index (χ4v) is 1.18. The normalized spacial score (nSPS) is 12.4. The minimum Gasteiger partial charge on any atom is -0.405 e. The predicted octanol–water partition coefficient (Wildman–Crippen LogP) is 3.97. The summed E-state index contributed by atoms with van der Waals surface area (Å²) in [5, 5.41) is 0. The lowest BCUT2D eigenvalue weighted by atomic mass is 10.1. The molecule has 1 rings (SSSR count). The van der Waals surface area contributed by atoms with E-state index in [2.05, 4.69) is 16.4 Å². The number of hydrogen-bond acceptors (Lipinski definition) is 2. The van der Waals surface area contributed by atoms with Crippen molar-refractivity contribution in [1.29, 1.82) is 0 Å². The van der Waals surface area contributed by atoms with Gasteiger partial charge >= 0.3 is 12.7 Å². The molecule has 0 saturated heterocycles. The monoisotopic (exact) mass is 273 g/mol. The van der Waals surface area contributed by atoms with Gasteiger partial charge in [0.2, 0.25) is 0 Å². The fourth-order valence-electron chi connectivity index (χ4n) is 1.18. The number of aryl methyl sites for hydroxylation is 1. The number of ether oxygens (including phenoxy) is 2. The Morgan fingerprint density at radius 2 is 1.22 bits per heavy atom. The van der Waals surface area contributed by atoms with Gasteiger partial charge < -0.3 is 9.47 Å². The maximum absolute atomic E-state index is 12.0. The molecule has 0 heterocycles. The number of halogens is 6. The lowest BCUT2D eigenvalue weighted by molar-refractivity contribution is -0.276. The molecule has 2 nitrogen and oxygen atoms in total. The molecule has 8 heteroatoms. The van der Waals surface area contributed by atoms with Crippen LogP contribution in [0.4, 0.5) is 26.3 Å². The van der Waals surface area contributed by atoms with Gasteiger partial charge in [-0.15, -0.1) is 26.3 Å². The smallest absolute Gasteiger partial charge is 0.405 e. The van der Waals surface area contributed by atoms with Gasteiger partial charge in [-0.2, -0.15) is 0 Å². The molecule has 1 radical (unpaired) electrons. The Balaban J connectivity index is 3.14. The molecule has 0 amide bonds. The van der Waals surface area contributed by atoms with E-state index in [1.54, 1.807) is 0 Å². The van der Waals surface area contributed by atoms with Gasteiger partial charge in [-0.3, -0.25) is 0 Å². The average Bonchev–Trinajstić information content (AvgIpc) is 2.07. The lowest BCUT2D eigenvalue weighted by Gasteiger charge is -2.16. The van der Waals surface area contributed by atoms with Gasteiger partial charge in [0.05, 0.1) is 0 Å². The number of benzene rings is 1. The van der Waals surface area contributed by atoms with E-state index in [-0.39, 0.29) is 5.56 Å². The van der Waals surface area contributed by atoms with Gasteiger partial charge in [-0.1, -0.05) is 0 Å². The van der Waals surface area contributed by atoms with Crippen molar-refractivity contribution in [2.24, 2.45) is 0 Å². The first-order valence-electron chi connectivity index (χ1n) is 4.46. The summed E-state index contributed by atoms with van der Waals surface area (Å²) in [4.78, 5) is 0. The van der Waals surface area contributed by atoms with Gasteiger partial charge in [0, 0.05) is 5.56 Å². The highest BCUT2D eigenvalue weighted by atomic mass is 19.4. The van der Waals surface area contributed by atoms with Crippen LogP contribution in [0.25, 0.3) is 0 Å². The van der Waals surface area contributed by atoms with E-state index in [1.807, 2.05) is 0 Å². The van der Waals surface area contributed by atoms with E-state index in [0.717, 1.165) is 12.1 Å². The Labute approximate surface area is 98.1 Å². The van der Waals surface area contributed by atoms with E-state index in [0.29, 0.717) is 0 Å². The zero-order valence-corrected chi connectivity index (χ0v) is 8.95. The minimum atomic E-state index is -5.02. The van der Waals surface area contributed by atoms with Crippen LogP contribution in [-0.4, -0.2) is 12.7 Å². The summed E-state index contributed by atoms with van der Waals surface area (Å²) in [6.07, 6.45) is -10.0. The van der Waals surface area contributed by atoms with Crippen LogP contribution in [-0.2, 0) is 0 Å².